The molecule has 1 aliphatic rings. The number of nitrogens with one attached hydrogen (secondary N) is 2. The fourth-order valence-corrected chi connectivity index (χ4v) is 5.32. The number of amides is 1. The molecule has 3 aromatic rings. The largest absolute Gasteiger partial charge is 0.370 e. The number of likely N-dealkylation sites (tertiary alicyclic amines) is 1. The lowest BCUT2D eigenvalue weighted by molar-refractivity contribution is -0.133. The Labute approximate surface area is 268 Å². The molecule has 1 aromatic carbocycles. The zero-order valence-electron chi connectivity index (χ0n) is 28.2. The highest BCUT2D eigenvalue weighted by Crippen LogP contribution is 2.33. The van der Waals surface area contributed by atoms with E-state index in [0.29, 0.717) is 42.4 Å². The number of nitrogens with two attached hydrogens (primary N) is 3. The van der Waals surface area contributed by atoms with Crippen molar-refractivity contribution in [2.45, 2.75) is 85.6 Å². The molecule has 1 amide bonds. The molecule has 11 heteroatoms. The Hall–Kier alpha value is -3.70. The number of piperidine rings is 1. The second-order valence-corrected chi connectivity index (χ2v) is 14.1. The van der Waals surface area contributed by atoms with E-state index >= 15 is 0 Å². The zero-order chi connectivity index (χ0) is 33.2. The SMILES string of the molecule is CC(C)(C)C1CCCN(C(=O)CCCN)C1.CC(C)(C)c1cc2cn(-c3ccc(CNCCCN=C(N)N)cc3)c(=O)nc2[nH]1. The van der Waals surface area contributed by atoms with Crippen LogP contribution in [0.2, 0.25) is 0 Å². The number of aromatic nitrogens is 3. The number of fused-ring (bicyclic) bond motifs is 1. The lowest BCUT2D eigenvalue weighted by atomic mass is 9.76. The molecule has 1 atom stereocenters. The van der Waals surface area contributed by atoms with E-state index in [4.69, 9.17) is 17.2 Å². The summed E-state index contributed by atoms with van der Waals surface area (Å²) in [5.74, 6) is 1.06. The van der Waals surface area contributed by atoms with Gasteiger partial charge in [0.15, 0.2) is 5.96 Å². The van der Waals surface area contributed by atoms with Crippen LogP contribution in [0.5, 0.6) is 0 Å². The summed E-state index contributed by atoms with van der Waals surface area (Å²) in [4.78, 5) is 37.8. The van der Waals surface area contributed by atoms with Crippen molar-refractivity contribution in [3.8, 4) is 5.69 Å². The first-order chi connectivity index (χ1) is 21.2. The summed E-state index contributed by atoms with van der Waals surface area (Å²) in [6.07, 6.45) is 6.54. The molecule has 1 fully saturated rings. The van der Waals surface area contributed by atoms with Crippen molar-refractivity contribution >= 4 is 22.9 Å². The maximum Gasteiger partial charge on any atom is 0.354 e. The van der Waals surface area contributed by atoms with Gasteiger partial charge in [-0.1, -0.05) is 53.7 Å². The Kier molecular flexibility index (Phi) is 12.7. The van der Waals surface area contributed by atoms with Crippen LogP contribution in [0.3, 0.4) is 0 Å². The molecule has 0 spiro atoms. The number of guanidine groups is 1. The Morgan fingerprint density at radius 3 is 2.44 bits per heavy atom. The van der Waals surface area contributed by atoms with Gasteiger partial charge in [0.1, 0.15) is 5.65 Å². The van der Waals surface area contributed by atoms with E-state index in [0.717, 1.165) is 67.8 Å². The molecule has 1 unspecified atom stereocenters. The first kappa shape index (κ1) is 35.8. The van der Waals surface area contributed by atoms with E-state index in [9.17, 15) is 9.59 Å². The number of hydrogen-bond donors (Lipinski definition) is 5. The van der Waals surface area contributed by atoms with Gasteiger partial charge in [0.25, 0.3) is 0 Å². The molecule has 0 radical (unpaired) electrons. The van der Waals surface area contributed by atoms with Crippen molar-refractivity contribution in [3.05, 3.63) is 58.3 Å². The Bertz CT molecular complexity index is 1460. The van der Waals surface area contributed by atoms with Crippen LogP contribution in [0.15, 0.2) is 46.3 Å². The monoisotopic (exact) mass is 621 g/mol. The van der Waals surface area contributed by atoms with Gasteiger partial charge in [0, 0.05) is 55.3 Å². The quantitative estimate of drug-likeness (QED) is 0.130. The molecule has 0 saturated carbocycles. The number of carbonyl (C=O) groups is 1. The summed E-state index contributed by atoms with van der Waals surface area (Å²) >= 11 is 0. The molecule has 0 bridgehead atoms. The Morgan fingerprint density at radius 1 is 1.11 bits per heavy atom. The fourth-order valence-electron chi connectivity index (χ4n) is 5.32. The van der Waals surface area contributed by atoms with Crippen molar-refractivity contribution in [1.29, 1.82) is 0 Å². The van der Waals surface area contributed by atoms with Crippen molar-refractivity contribution in [2.75, 3.05) is 32.7 Å². The second-order valence-electron chi connectivity index (χ2n) is 14.1. The summed E-state index contributed by atoms with van der Waals surface area (Å²) in [5, 5.41) is 4.27. The van der Waals surface area contributed by atoms with E-state index in [1.54, 1.807) is 4.57 Å². The maximum absolute atomic E-state index is 12.5. The summed E-state index contributed by atoms with van der Waals surface area (Å²) < 4.78 is 1.58. The summed E-state index contributed by atoms with van der Waals surface area (Å²) in [7, 11) is 0. The Balaban J connectivity index is 0.000000292. The molecule has 3 heterocycles. The predicted molar refractivity (Wildman–Crippen MR) is 184 cm³/mol. The summed E-state index contributed by atoms with van der Waals surface area (Å²) in [5.41, 5.74) is 19.6. The molecule has 45 heavy (non-hydrogen) atoms. The van der Waals surface area contributed by atoms with Crippen LogP contribution in [-0.2, 0) is 16.8 Å². The topological polar surface area (TPSA) is 173 Å². The van der Waals surface area contributed by atoms with Crippen LogP contribution >= 0.6 is 0 Å². The van der Waals surface area contributed by atoms with Crippen LogP contribution in [0.4, 0.5) is 0 Å². The van der Waals surface area contributed by atoms with E-state index < -0.39 is 0 Å². The van der Waals surface area contributed by atoms with Gasteiger partial charge < -0.3 is 32.4 Å². The number of carbonyl (C=O) groups excluding carboxylic acids is 1. The highest BCUT2D eigenvalue weighted by atomic mass is 16.2. The number of aliphatic imine (C=N–C) groups is 1. The number of benzene rings is 1. The van der Waals surface area contributed by atoms with Gasteiger partial charge in [-0.2, -0.15) is 4.98 Å². The Morgan fingerprint density at radius 2 is 1.82 bits per heavy atom. The van der Waals surface area contributed by atoms with Crippen molar-refractivity contribution in [3.63, 3.8) is 0 Å². The van der Waals surface area contributed by atoms with Gasteiger partial charge in [-0.15, -0.1) is 0 Å². The lowest BCUT2D eigenvalue weighted by Gasteiger charge is -2.39. The van der Waals surface area contributed by atoms with Gasteiger partial charge in [0.05, 0.1) is 5.69 Å². The van der Waals surface area contributed by atoms with Crippen LogP contribution in [0.25, 0.3) is 16.7 Å². The van der Waals surface area contributed by atoms with Gasteiger partial charge in [0.2, 0.25) is 5.91 Å². The molecule has 1 saturated heterocycles. The van der Waals surface area contributed by atoms with E-state index in [-0.39, 0.29) is 17.1 Å². The number of H-pyrrole nitrogens is 1. The molecule has 0 aliphatic carbocycles. The molecule has 248 valence electrons. The first-order valence-corrected chi connectivity index (χ1v) is 16.1. The molecular formula is C34H55N9O2. The van der Waals surface area contributed by atoms with Crippen LogP contribution in [-0.4, -0.2) is 64.0 Å². The van der Waals surface area contributed by atoms with Gasteiger partial charge >= 0.3 is 5.69 Å². The number of aromatic amines is 1. The third kappa shape index (κ3) is 11.0. The molecule has 8 N–H and O–H groups in total. The number of nitrogens with zero attached hydrogens (tertiary/aromatic N) is 4. The average molecular weight is 622 g/mol. The normalized spacial score (nSPS) is 15.4. The minimum atomic E-state index is -0.301. The fraction of sp³-hybridized carbons (Fsp3) is 0.588. The molecular weight excluding hydrogens is 566 g/mol. The summed E-state index contributed by atoms with van der Waals surface area (Å²) in [6, 6.07) is 9.93. The molecule has 2 aromatic heterocycles. The van der Waals surface area contributed by atoms with Crippen molar-refractivity contribution in [1.82, 2.24) is 24.8 Å². The summed E-state index contributed by atoms with van der Waals surface area (Å²) in [6.45, 7) is 17.8. The zero-order valence-corrected chi connectivity index (χ0v) is 28.2. The molecule has 4 rings (SSSR count). The van der Waals surface area contributed by atoms with Crippen molar-refractivity contribution in [2.24, 2.45) is 33.5 Å². The molecule has 11 nitrogen and oxygen atoms in total. The third-order valence-corrected chi connectivity index (χ3v) is 8.26. The minimum Gasteiger partial charge on any atom is -0.370 e. The highest BCUT2D eigenvalue weighted by molar-refractivity contribution is 5.77. The second kappa shape index (κ2) is 16.0. The van der Waals surface area contributed by atoms with E-state index in [2.05, 4.69) is 67.9 Å². The smallest absolute Gasteiger partial charge is 0.354 e. The average Bonchev–Trinajstić information content (AvgIpc) is 3.41. The lowest BCUT2D eigenvalue weighted by Crippen LogP contribution is -2.43. The standard InChI is InChI=1S/C21H29N7O.C13H26N2O/c1-21(2,3)17-11-15-13-28(20(29)27-18(15)26-17)16-7-5-14(6-8-16)12-24-9-4-10-25-19(22)23;1-13(2,3)11-6-5-9-15(10-11)12(16)7-4-8-14/h5-8,11,13,24H,4,9-10,12H2,1-3H3,(H4,22,23,25)(H,26,27,29);11H,4-10,14H2,1-3H3. The van der Waals surface area contributed by atoms with Gasteiger partial charge in [-0.25, -0.2) is 4.79 Å². The highest BCUT2D eigenvalue weighted by Gasteiger charge is 2.31. The van der Waals surface area contributed by atoms with Gasteiger partial charge in [-0.05, 0) is 73.9 Å². The first-order valence-electron chi connectivity index (χ1n) is 16.1. The molecule has 1 aliphatic heterocycles. The number of rotatable bonds is 10. The van der Waals surface area contributed by atoms with Gasteiger partial charge in [-0.3, -0.25) is 14.4 Å². The minimum absolute atomic E-state index is 0.0352. The van der Waals surface area contributed by atoms with Crippen LogP contribution < -0.4 is 28.2 Å². The third-order valence-electron chi connectivity index (χ3n) is 8.26. The van der Waals surface area contributed by atoms with E-state index in [1.807, 2.05) is 35.4 Å². The van der Waals surface area contributed by atoms with Crippen molar-refractivity contribution < 1.29 is 4.79 Å². The maximum atomic E-state index is 12.5. The number of hydrogen-bond acceptors (Lipinski definition) is 6. The predicted octanol–water partition coefficient (Wildman–Crippen LogP) is 3.77. The van der Waals surface area contributed by atoms with Crippen LogP contribution in [0, 0.1) is 11.3 Å². The van der Waals surface area contributed by atoms with E-state index in [1.165, 1.54) is 6.42 Å². The van der Waals surface area contributed by atoms with Crippen LogP contribution in [0.1, 0.15) is 84.9 Å².